The van der Waals surface area contributed by atoms with Gasteiger partial charge in [-0.3, -0.25) is 0 Å². The van der Waals surface area contributed by atoms with Gasteiger partial charge in [-0.15, -0.1) is 11.3 Å². The van der Waals surface area contributed by atoms with Crippen LogP contribution in [0.15, 0.2) is 12.1 Å². The number of hydrogen-bond donors (Lipinski definition) is 2. The maximum absolute atomic E-state index is 12.0. The molecule has 1 atom stereocenters. The number of aliphatic carboxylic acids is 1. The number of carbonyl (C=O) groups is 2. The quantitative estimate of drug-likeness (QED) is 0.888. The molecule has 19 heavy (non-hydrogen) atoms. The van der Waals surface area contributed by atoms with E-state index in [2.05, 4.69) is 18.3 Å². The standard InChI is InChI=1S/C13H18N2O3S/c1-2-9-5-6-10(19-9)8-14-13(18)15-7-3-4-11(15)12(16)17/h5-6,11H,2-4,7-8H2,1H3,(H,14,18)(H,16,17)/t11-/m0/s1. The van der Waals surface area contributed by atoms with Crippen LogP contribution in [-0.4, -0.2) is 34.6 Å². The molecule has 6 heteroatoms. The van der Waals surface area contributed by atoms with Gasteiger partial charge >= 0.3 is 12.0 Å². The lowest BCUT2D eigenvalue weighted by Crippen LogP contribution is -2.45. The number of carboxylic acid groups (broad SMARTS) is 1. The number of thiophene rings is 1. The van der Waals surface area contributed by atoms with Crippen molar-refractivity contribution in [3.8, 4) is 0 Å². The number of aryl methyl sites for hydroxylation is 1. The summed E-state index contributed by atoms with van der Waals surface area (Å²) in [5, 5.41) is 11.8. The Hall–Kier alpha value is -1.56. The molecule has 2 N–H and O–H groups in total. The predicted molar refractivity (Wildman–Crippen MR) is 73.3 cm³/mol. The number of nitrogens with one attached hydrogen (secondary N) is 1. The highest BCUT2D eigenvalue weighted by atomic mass is 32.1. The Bertz CT molecular complexity index is 472. The number of carboxylic acids is 1. The monoisotopic (exact) mass is 282 g/mol. The van der Waals surface area contributed by atoms with Crippen molar-refractivity contribution in [1.82, 2.24) is 10.2 Å². The van der Waals surface area contributed by atoms with Crippen molar-refractivity contribution < 1.29 is 14.7 Å². The van der Waals surface area contributed by atoms with E-state index in [1.54, 1.807) is 11.3 Å². The molecule has 1 aliphatic heterocycles. The highest BCUT2D eigenvalue weighted by Gasteiger charge is 2.33. The third-order valence-electron chi connectivity index (χ3n) is 3.28. The first-order chi connectivity index (χ1) is 9.11. The molecular weight excluding hydrogens is 264 g/mol. The summed E-state index contributed by atoms with van der Waals surface area (Å²) >= 11 is 1.67. The highest BCUT2D eigenvalue weighted by Crippen LogP contribution is 2.19. The van der Waals surface area contributed by atoms with Gasteiger partial charge in [-0.25, -0.2) is 9.59 Å². The van der Waals surface area contributed by atoms with Gasteiger partial charge < -0.3 is 15.3 Å². The first kappa shape index (κ1) is 13.9. The molecule has 1 aromatic rings. The summed E-state index contributed by atoms with van der Waals surface area (Å²) in [6.07, 6.45) is 2.29. The molecule has 0 bridgehead atoms. The summed E-state index contributed by atoms with van der Waals surface area (Å²) in [4.78, 5) is 26.8. The van der Waals surface area contributed by atoms with Gasteiger partial charge in [-0.1, -0.05) is 6.92 Å². The topological polar surface area (TPSA) is 69.6 Å². The molecule has 1 saturated heterocycles. The van der Waals surface area contributed by atoms with Crippen molar-refractivity contribution in [2.24, 2.45) is 0 Å². The molecule has 104 valence electrons. The maximum atomic E-state index is 12.0. The highest BCUT2D eigenvalue weighted by molar-refractivity contribution is 7.11. The summed E-state index contributed by atoms with van der Waals surface area (Å²) < 4.78 is 0. The molecule has 1 aliphatic rings. The fourth-order valence-corrected chi connectivity index (χ4v) is 3.14. The molecule has 0 radical (unpaired) electrons. The number of urea groups is 1. The second-order valence-corrected chi connectivity index (χ2v) is 5.82. The number of hydrogen-bond acceptors (Lipinski definition) is 3. The average Bonchev–Trinajstić information content (AvgIpc) is 3.04. The van der Waals surface area contributed by atoms with Crippen molar-refractivity contribution in [3.05, 3.63) is 21.9 Å². The van der Waals surface area contributed by atoms with Crippen molar-refractivity contribution in [3.63, 3.8) is 0 Å². The molecule has 0 aromatic carbocycles. The number of amides is 2. The predicted octanol–water partition coefficient (Wildman–Crippen LogP) is 2.07. The zero-order valence-electron chi connectivity index (χ0n) is 10.9. The molecule has 1 aromatic heterocycles. The van der Waals surface area contributed by atoms with Crippen LogP contribution < -0.4 is 5.32 Å². The van der Waals surface area contributed by atoms with Gasteiger partial charge in [0, 0.05) is 16.3 Å². The van der Waals surface area contributed by atoms with Gasteiger partial charge in [0.2, 0.25) is 0 Å². The molecule has 2 rings (SSSR count). The first-order valence-corrected chi connectivity index (χ1v) is 7.28. The zero-order valence-corrected chi connectivity index (χ0v) is 11.7. The van der Waals surface area contributed by atoms with Crippen LogP contribution in [-0.2, 0) is 17.8 Å². The van der Waals surface area contributed by atoms with Crippen LogP contribution in [0.1, 0.15) is 29.5 Å². The molecule has 0 saturated carbocycles. The molecule has 0 spiro atoms. The van der Waals surface area contributed by atoms with E-state index in [0.29, 0.717) is 19.5 Å². The first-order valence-electron chi connectivity index (χ1n) is 6.46. The van der Waals surface area contributed by atoms with Gasteiger partial charge in [0.05, 0.1) is 6.54 Å². The van der Waals surface area contributed by atoms with Gasteiger partial charge in [0.25, 0.3) is 0 Å². The minimum atomic E-state index is -0.919. The zero-order chi connectivity index (χ0) is 13.8. The number of carbonyl (C=O) groups excluding carboxylic acids is 1. The Balaban J connectivity index is 1.88. The lowest BCUT2D eigenvalue weighted by Gasteiger charge is -2.21. The summed E-state index contributed by atoms with van der Waals surface area (Å²) in [6, 6.07) is 3.11. The van der Waals surface area contributed by atoms with Gasteiger partial charge in [-0.05, 0) is 31.4 Å². The minimum Gasteiger partial charge on any atom is -0.480 e. The van der Waals surface area contributed by atoms with Crippen molar-refractivity contribution in [1.29, 1.82) is 0 Å². The van der Waals surface area contributed by atoms with Crippen molar-refractivity contribution in [2.45, 2.75) is 38.8 Å². The van der Waals surface area contributed by atoms with E-state index in [9.17, 15) is 9.59 Å². The summed E-state index contributed by atoms with van der Waals surface area (Å²) in [5.74, 6) is -0.919. The van der Waals surface area contributed by atoms with Crippen LogP contribution in [0.25, 0.3) is 0 Å². The molecular formula is C13H18N2O3S. The van der Waals surface area contributed by atoms with Crippen LogP contribution in [0.2, 0.25) is 0 Å². The summed E-state index contributed by atoms with van der Waals surface area (Å²) in [5.41, 5.74) is 0. The van der Waals surface area contributed by atoms with E-state index in [0.717, 1.165) is 17.7 Å². The molecule has 5 nitrogen and oxygen atoms in total. The number of likely N-dealkylation sites (tertiary alicyclic amines) is 1. The second-order valence-electron chi connectivity index (χ2n) is 4.57. The third kappa shape index (κ3) is 3.26. The smallest absolute Gasteiger partial charge is 0.326 e. The molecule has 0 unspecified atom stereocenters. The molecule has 1 fully saturated rings. The summed E-state index contributed by atoms with van der Waals surface area (Å²) in [6.45, 7) is 3.08. The molecule has 0 aliphatic carbocycles. The van der Waals surface area contributed by atoms with Crippen LogP contribution in [0.3, 0.4) is 0 Å². The van der Waals surface area contributed by atoms with Gasteiger partial charge in [0.15, 0.2) is 0 Å². The Kier molecular flexibility index (Phi) is 4.42. The number of nitrogens with zero attached hydrogens (tertiary/aromatic N) is 1. The van der Waals surface area contributed by atoms with Crippen molar-refractivity contribution >= 4 is 23.3 Å². The molecule has 2 amide bonds. The van der Waals surface area contributed by atoms with Crippen molar-refractivity contribution in [2.75, 3.05) is 6.54 Å². The van der Waals surface area contributed by atoms with Crippen LogP contribution in [0.4, 0.5) is 4.79 Å². The van der Waals surface area contributed by atoms with E-state index in [1.165, 1.54) is 9.78 Å². The second kappa shape index (κ2) is 6.06. The van der Waals surface area contributed by atoms with Gasteiger partial charge in [-0.2, -0.15) is 0 Å². The van der Waals surface area contributed by atoms with E-state index >= 15 is 0 Å². The van der Waals surface area contributed by atoms with Crippen LogP contribution in [0.5, 0.6) is 0 Å². The van der Waals surface area contributed by atoms with E-state index in [4.69, 9.17) is 5.11 Å². The fourth-order valence-electron chi connectivity index (χ4n) is 2.24. The fraction of sp³-hybridized carbons (Fsp3) is 0.538. The summed E-state index contributed by atoms with van der Waals surface area (Å²) in [7, 11) is 0. The average molecular weight is 282 g/mol. The Morgan fingerprint density at radius 2 is 2.21 bits per heavy atom. The molecule has 2 heterocycles. The van der Waals surface area contributed by atoms with E-state index in [-0.39, 0.29) is 6.03 Å². The van der Waals surface area contributed by atoms with Crippen LogP contribution >= 0.6 is 11.3 Å². The lowest BCUT2D eigenvalue weighted by atomic mass is 10.2. The lowest BCUT2D eigenvalue weighted by molar-refractivity contribution is -0.141. The largest absolute Gasteiger partial charge is 0.480 e. The Morgan fingerprint density at radius 1 is 1.47 bits per heavy atom. The normalized spacial score (nSPS) is 18.6. The third-order valence-corrected chi connectivity index (χ3v) is 4.51. The maximum Gasteiger partial charge on any atom is 0.326 e. The Morgan fingerprint density at radius 3 is 2.84 bits per heavy atom. The van der Waals surface area contributed by atoms with Gasteiger partial charge in [0.1, 0.15) is 6.04 Å². The SMILES string of the molecule is CCc1ccc(CNC(=O)N2CCC[C@H]2C(=O)O)s1. The van der Waals surface area contributed by atoms with E-state index < -0.39 is 12.0 Å². The van der Waals surface area contributed by atoms with E-state index in [1.807, 2.05) is 6.07 Å². The Labute approximate surface area is 116 Å². The minimum absolute atomic E-state index is 0.281. The van der Waals surface area contributed by atoms with Crippen LogP contribution in [0, 0.1) is 0 Å². The number of rotatable bonds is 4.